The van der Waals surface area contributed by atoms with Crippen LogP contribution in [0, 0.1) is 0 Å². The summed E-state index contributed by atoms with van der Waals surface area (Å²) in [6, 6.07) is 6.92. The fourth-order valence-electron chi connectivity index (χ4n) is 3.03. The highest BCUT2D eigenvalue weighted by atomic mass is 16.5. The minimum Gasteiger partial charge on any atom is -0.493 e. The fraction of sp³-hybridized carbons (Fsp3) is 0.625. The maximum Gasteiger partial charge on any atom is 0.161 e. The van der Waals surface area contributed by atoms with Gasteiger partial charge in [-0.05, 0) is 38.2 Å². The molecule has 5 nitrogen and oxygen atoms in total. The Labute approximate surface area is 127 Å². The van der Waals surface area contributed by atoms with E-state index >= 15 is 0 Å². The summed E-state index contributed by atoms with van der Waals surface area (Å²) in [5, 5.41) is 0. The van der Waals surface area contributed by atoms with Crippen molar-refractivity contribution in [3.8, 4) is 11.5 Å². The van der Waals surface area contributed by atoms with Crippen molar-refractivity contribution < 1.29 is 9.47 Å². The lowest BCUT2D eigenvalue weighted by Gasteiger charge is -2.28. The van der Waals surface area contributed by atoms with Gasteiger partial charge in [-0.25, -0.2) is 0 Å². The minimum absolute atomic E-state index is 0.231. The van der Waals surface area contributed by atoms with Crippen molar-refractivity contribution in [1.82, 2.24) is 9.80 Å². The largest absolute Gasteiger partial charge is 0.493 e. The van der Waals surface area contributed by atoms with Crippen LogP contribution in [0.2, 0.25) is 0 Å². The smallest absolute Gasteiger partial charge is 0.161 e. The van der Waals surface area contributed by atoms with Gasteiger partial charge in [-0.15, -0.1) is 0 Å². The van der Waals surface area contributed by atoms with E-state index in [0.717, 1.165) is 24.6 Å². The average molecular weight is 293 g/mol. The minimum atomic E-state index is 0.231. The molecule has 2 rings (SSSR count). The molecule has 1 aliphatic rings. The molecule has 21 heavy (non-hydrogen) atoms. The molecule has 1 aliphatic heterocycles. The van der Waals surface area contributed by atoms with Gasteiger partial charge in [0.25, 0.3) is 0 Å². The predicted octanol–water partition coefficient (Wildman–Crippen LogP) is 1.34. The van der Waals surface area contributed by atoms with E-state index in [0.29, 0.717) is 12.6 Å². The second-order valence-electron chi connectivity index (χ2n) is 5.77. The van der Waals surface area contributed by atoms with Gasteiger partial charge in [-0.1, -0.05) is 6.07 Å². The van der Waals surface area contributed by atoms with Crippen molar-refractivity contribution in [2.75, 3.05) is 47.9 Å². The first-order valence-corrected chi connectivity index (χ1v) is 7.43. The van der Waals surface area contributed by atoms with Gasteiger partial charge in [0.15, 0.2) is 11.5 Å². The number of hydrogen-bond donors (Lipinski definition) is 1. The molecule has 2 atom stereocenters. The Morgan fingerprint density at radius 1 is 1.29 bits per heavy atom. The summed E-state index contributed by atoms with van der Waals surface area (Å²) in [6.45, 7) is 2.75. The van der Waals surface area contributed by atoms with Gasteiger partial charge in [0.1, 0.15) is 0 Å². The van der Waals surface area contributed by atoms with Gasteiger partial charge in [0, 0.05) is 31.7 Å². The molecule has 2 N–H and O–H groups in total. The molecule has 1 saturated heterocycles. The quantitative estimate of drug-likeness (QED) is 0.858. The fourth-order valence-corrected chi connectivity index (χ4v) is 3.03. The number of likely N-dealkylation sites (N-methyl/N-ethyl adjacent to an activating group) is 1. The molecule has 1 aromatic carbocycles. The van der Waals surface area contributed by atoms with Gasteiger partial charge in [-0.3, -0.25) is 4.90 Å². The Morgan fingerprint density at radius 2 is 2.00 bits per heavy atom. The number of methoxy groups -OCH3 is 2. The predicted molar refractivity (Wildman–Crippen MR) is 85.0 cm³/mol. The molecule has 1 heterocycles. The highest BCUT2D eigenvalue weighted by molar-refractivity contribution is 5.44. The van der Waals surface area contributed by atoms with Crippen LogP contribution in [0.3, 0.4) is 0 Å². The van der Waals surface area contributed by atoms with E-state index in [9.17, 15) is 0 Å². The van der Waals surface area contributed by atoms with Crippen molar-refractivity contribution in [1.29, 1.82) is 0 Å². The number of likely N-dealkylation sites (tertiary alicyclic amines) is 1. The summed E-state index contributed by atoms with van der Waals surface area (Å²) in [5.74, 6) is 1.52. The summed E-state index contributed by atoms with van der Waals surface area (Å²) in [5.41, 5.74) is 7.23. The molecule has 0 saturated carbocycles. The van der Waals surface area contributed by atoms with Crippen molar-refractivity contribution in [3.05, 3.63) is 23.8 Å². The van der Waals surface area contributed by atoms with Crippen molar-refractivity contribution in [2.24, 2.45) is 5.73 Å². The van der Waals surface area contributed by atoms with E-state index in [1.165, 1.54) is 12.0 Å². The Bertz CT molecular complexity index is 465. The molecular weight excluding hydrogens is 266 g/mol. The van der Waals surface area contributed by atoms with Crippen LogP contribution in [-0.4, -0.2) is 63.8 Å². The summed E-state index contributed by atoms with van der Waals surface area (Å²) < 4.78 is 10.7. The first-order valence-electron chi connectivity index (χ1n) is 7.43. The van der Waals surface area contributed by atoms with E-state index in [-0.39, 0.29) is 6.04 Å². The molecule has 0 bridgehead atoms. The third kappa shape index (κ3) is 3.48. The van der Waals surface area contributed by atoms with Crippen LogP contribution in [0.5, 0.6) is 11.5 Å². The van der Waals surface area contributed by atoms with Crippen LogP contribution in [0.1, 0.15) is 18.0 Å². The van der Waals surface area contributed by atoms with Crippen LogP contribution < -0.4 is 15.2 Å². The number of hydrogen-bond acceptors (Lipinski definition) is 5. The molecule has 0 spiro atoms. The van der Waals surface area contributed by atoms with E-state index in [1.807, 2.05) is 12.1 Å². The number of nitrogens with zero attached hydrogens (tertiary/aromatic N) is 2. The normalized spacial score (nSPS) is 20.8. The summed E-state index contributed by atoms with van der Waals surface area (Å²) in [4.78, 5) is 4.76. The van der Waals surface area contributed by atoms with Crippen molar-refractivity contribution >= 4 is 0 Å². The van der Waals surface area contributed by atoms with Crippen LogP contribution >= 0.6 is 0 Å². The van der Waals surface area contributed by atoms with Gasteiger partial charge in [-0.2, -0.15) is 0 Å². The maximum absolute atomic E-state index is 6.04. The number of rotatable bonds is 6. The zero-order chi connectivity index (χ0) is 15.4. The zero-order valence-corrected chi connectivity index (χ0v) is 13.5. The van der Waals surface area contributed by atoms with Gasteiger partial charge in [0.2, 0.25) is 0 Å². The second kappa shape index (κ2) is 7.11. The molecule has 1 fully saturated rings. The van der Waals surface area contributed by atoms with Gasteiger partial charge in [0.05, 0.1) is 14.2 Å². The molecular formula is C16H27N3O2. The Kier molecular flexibility index (Phi) is 5.45. The highest BCUT2D eigenvalue weighted by Crippen LogP contribution is 2.33. The zero-order valence-electron chi connectivity index (χ0n) is 13.5. The first kappa shape index (κ1) is 16.1. The van der Waals surface area contributed by atoms with Crippen molar-refractivity contribution in [3.63, 3.8) is 0 Å². The van der Waals surface area contributed by atoms with Gasteiger partial charge >= 0.3 is 0 Å². The van der Waals surface area contributed by atoms with E-state index in [2.05, 4.69) is 30.0 Å². The van der Waals surface area contributed by atoms with Crippen LogP contribution in [0.25, 0.3) is 0 Å². The molecule has 118 valence electrons. The molecule has 0 radical (unpaired) electrons. The van der Waals surface area contributed by atoms with E-state index in [1.54, 1.807) is 14.2 Å². The van der Waals surface area contributed by atoms with E-state index in [4.69, 9.17) is 15.2 Å². The first-order chi connectivity index (χ1) is 10.1. The molecule has 5 heteroatoms. The summed E-state index contributed by atoms with van der Waals surface area (Å²) >= 11 is 0. The van der Waals surface area contributed by atoms with Crippen LogP contribution in [0.15, 0.2) is 18.2 Å². The maximum atomic E-state index is 6.04. The van der Waals surface area contributed by atoms with Crippen molar-refractivity contribution in [2.45, 2.75) is 18.5 Å². The lowest BCUT2D eigenvalue weighted by molar-refractivity contribution is 0.220. The SMILES string of the molecule is COc1ccc(C(CN)N2CCC(N(C)C)C2)cc1OC. The van der Waals surface area contributed by atoms with Crippen LogP contribution in [-0.2, 0) is 0 Å². The Balaban J connectivity index is 2.18. The third-order valence-electron chi connectivity index (χ3n) is 4.38. The lowest BCUT2D eigenvalue weighted by atomic mass is 10.0. The lowest BCUT2D eigenvalue weighted by Crippen LogP contribution is -2.36. The Hall–Kier alpha value is -1.30. The monoisotopic (exact) mass is 293 g/mol. The van der Waals surface area contributed by atoms with E-state index < -0.39 is 0 Å². The number of benzene rings is 1. The van der Waals surface area contributed by atoms with Gasteiger partial charge < -0.3 is 20.1 Å². The molecule has 2 unspecified atom stereocenters. The van der Waals surface area contributed by atoms with Crippen LogP contribution in [0.4, 0.5) is 0 Å². The number of nitrogens with two attached hydrogens (primary N) is 1. The molecule has 1 aromatic rings. The standard InChI is InChI=1S/C16H27N3O2/c1-18(2)13-7-8-19(11-13)14(10-17)12-5-6-15(20-3)16(9-12)21-4/h5-6,9,13-14H,7-8,10-11,17H2,1-4H3. The molecule has 0 aromatic heterocycles. The molecule has 0 amide bonds. The molecule has 0 aliphatic carbocycles. The second-order valence-corrected chi connectivity index (χ2v) is 5.77. The Morgan fingerprint density at radius 3 is 2.52 bits per heavy atom. The topological polar surface area (TPSA) is 51.0 Å². The summed E-state index contributed by atoms with van der Waals surface area (Å²) in [7, 11) is 7.60. The highest BCUT2D eigenvalue weighted by Gasteiger charge is 2.29. The third-order valence-corrected chi connectivity index (χ3v) is 4.38. The number of ether oxygens (including phenoxy) is 2. The average Bonchev–Trinajstić information content (AvgIpc) is 2.97. The summed E-state index contributed by atoms with van der Waals surface area (Å²) in [6.07, 6.45) is 1.19.